The average Bonchev–Trinajstić information content (AvgIpc) is 3.14. The first-order valence-corrected chi connectivity index (χ1v) is 9.70. The highest BCUT2D eigenvalue weighted by atomic mass is 16.5. The van der Waals surface area contributed by atoms with E-state index in [0.29, 0.717) is 0 Å². The molecule has 0 aromatic carbocycles. The van der Waals surface area contributed by atoms with Crippen LogP contribution in [0.1, 0.15) is 24.8 Å². The van der Waals surface area contributed by atoms with Crippen LogP contribution in [0.4, 0.5) is 0 Å². The first-order valence-electron chi connectivity index (χ1n) is 9.70. The number of hydrogen-bond acceptors (Lipinski definition) is 6. The predicted molar refractivity (Wildman–Crippen MR) is 98.1 cm³/mol. The topological polar surface area (TPSA) is 69.7 Å². The van der Waals surface area contributed by atoms with Gasteiger partial charge < -0.3 is 9.64 Å². The highest BCUT2D eigenvalue weighted by Gasteiger charge is 2.40. The highest BCUT2D eigenvalue weighted by Crippen LogP contribution is 2.35. The number of hydrogen-bond donors (Lipinski definition) is 2. The van der Waals surface area contributed by atoms with Gasteiger partial charge in [-0.25, -0.2) is 5.43 Å². The van der Waals surface area contributed by atoms with Gasteiger partial charge in [0.25, 0.3) is 0 Å². The number of ether oxygens (including phenoxy) is 1. The summed E-state index contributed by atoms with van der Waals surface area (Å²) in [6.45, 7) is 7.03. The molecule has 3 aliphatic rings. The summed E-state index contributed by atoms with van der Waals surface area (Å²) < 4.78 is 5.97. The summed E-state index contributed by atoms with van der Waals surface area (Å²) in [6.07, 6.45) is 6.67. The maximum absolute atomic E-state index is 12.6. The number of nitrogens with zero attached hydrogens (tertiary/aromatic N) is 3. The van der Waals surface area contributed by atoms with Crippen molar-refractivity contribution >= 4 is 5.91 Å². The molecule has 142 valence electrons. The summed E-state index contributed by atoms with van der Waals surface area (Å²) >= 11 is 0. The smallest absolute Gasteiger partial charge is 0.241 e. The van der Waals surface area contributed by atoms with Gasteiger partial charge in [-0.05, 0) is 30.9 Å². The second kappa shape index (κ2) is 8.00. The largest absolute Gasteiger partial charge is 0.379 e. The molecule has 0 bridgehead atoms. The number of carbonyl (C=O) groups is 1. The van der Waals surface area contributed by atoms with E-state index in [1.165, 1.54) is 5.56 Å². The van der Waals surface area contributed by atoms with Gasteiger partial charge in [0.15, 0.2) is 0 Å². The van der Waals surface area contributed by atoms with Crippen LogP contribution in [0.3, 0.4) is 0 Å². The number of amides is 1. The molecule has 4 heterocycles. The minimum atomic E-state index is -0.0588. The van der Waals surface area contributed by atoms with Crippen LogP contribution in [0.2, 0.25) is 0 Å². The number of piperidine rings is 1. The minimum Gasteiger partial charge on any atom is -0.379 e. The second-order valence-corrected chi connectivity index (χ2v) is 7.86. The lowest BCUT2D eigenvalue weighted by Crippen LogP contribution is -2.52. The number of nitrogens with one attached hydrogen (secondary N) is 2. The molecule has 0 aliphatic carbocycles. The van der Waals surface area contributed by atoms with Crippen molar-refractivity contribution in [1.29, 1.82) is 0 Å². The summed E-state index contributed by atoms with van der Waals surface area (Å²) in [6, 6.07) is 4.07. The molecule has 26 heavy (non-hydrogen) atoms. The molecule has 3 fully saturated rings. The molecular formula is C19H29N5O2. The Morgan fingerprint density at radius 2 is 2.23 bits per heavy atom. The van der Waals surface area contributed by atoms with Crippen molar-refractivity contribution in [2.45, 2.75) is 31.8 Å². The van der Waals surface area contributed by atoms with Gasteiger partial charge in [-0.1, -0.05) is 6.07 Å². The van der Waals surface area contributed by atoms with Crippen LogP contribution < -0.4 is 10.9 Å². The highest BCUT2D eigenvalue weighted by molar-refractivity contribution is 5.82. The van der Waals surface area contributed by atoms with Crippen molar-refractivity contribution in [3.8, 4) is 0 Å². The molecule has 0 saturated carbocycles. The molecule has 1 aromatic rings. The zero-order chi connectivity index (χ0) is 17.8. The summed E-state index contributed by atoms with van der Waals surface area (Å²) in [7, 11) is 0. The molecule has 1 spiro atoms. The molecular weight excluding hydrogens is 330 g/mol. The Morgan fingerprint density at radius 3 is 2.96 bits per heavy atom. The Morgan fingerprint density at radius 1 is 1.35 bits per heavy atom. The van der Waals surface area contributed by atoms with Crippen molar-refractivity contribution in [3.63, 3.8) is 0 Å². The van der Waals surface area contributed by atoms with E-state index in [1.54, 1.807) is 0 Å². The minimum absolute atomic E-state index is 0.0588. The summed E-state index contributed by atoms with van der Waals surface area (Å²) in [4.78, 5) is 21.4. The second-order valence-electron chi connectivity index (χ2n) is 7.86. The molecule has 7 nitrogen and oxygen atoms in total. The number of likely N-dealkylation sites (tertiary alicyclic amines) is 1. The van der Waals surface area contributed by atoms with Crippen LogP contribution in [0, 0.1) is 5.41 Å². The molecule has 3 aliphatic heterocycles. The first kappa shape index (κ1) is 17.9. The lowest BCUT2D eigenvalue weighted by atomic mass is 9.78. The van der Waals surface area contributed by atoms with Crippen LogP contribution in [0.15, 0.2) is 24.5 Å². The quantitative estimate of drug-likeness (QED) is 0.814. The Bertz CT molecular complexity index is 597. The van der Waals surface area contributed by atoms with Crippen LogP contribution in [0.5, 0.6) is 0 Å². The fraction of sp³-hybridized carbons (Fsp3) is 0.684. The lowest BCUT2D eigenvalue weighted by molar-refractivity contribution is -0.136. The molecule has 7 heteroatoms. The van der Waals surface area contributed by atoms with Gasteiger partial charge in [-0.15, -0.1) is 0 Å². The van der Waals surface area contributed by atoms with Crippen LogP contribution in [-0.2, 0) is 16.1 Å². The van der Waals surface area contributed by atoms with Crippen molar-refractivity contribution in [3.05, 3.63) is 30.1 Å². The molecule has 2 N–H and O–H groups in total. The zero-order valence-electron chi connectivity index (χ0n) is 15.3. The third-order valence-electron chi connectivity index (χ3n) is 5.92. The third-order valence-corrected chi connectivity index (χ3v) is 5.92. The van der Waals surface area contributed by atoms with E-state index in [-0.39, 0.29) is 17.4 Å². The fourth-order valence-corrected chi connectivity index (χ4v) is 4.36. The van der Waals surface area contributed by atoms with Gasteiger partial charge >= 0.3 is 0 Å². The van der Waals surface area contributed by atoms with Gasteiger partial charge in [0.05, 0.1) is 13.2 Å². The SMILES string of the molecule is O=C(C1CCNN1)N1CCC2(CC1)COCCN(Cc1cccnc1)C2. The van der Waals surface area contributed by atoms with Gasteiger partial charge in [0.2, 0.25) is 5.91 Å². The third kappa shape index (κ3) is 4.06. The molecule has 1 atom stereocenters. The van der Waals surface area contributed by atoms with Gasteiger partial charge in [0, 0.05) is 57.1 Å². The molecule has 0 radical (unpaired) electrons. The van der Waals surface area contributed by atoms with Crippen LogP contribution in [-0.4, -0.2) is 72.7 Å². The van der Waals surface area contributed by atoms with Crippen LogP contribution >= 0.6 is 0 Å². The van der Waals surface area contributed by atoms with Crippen molar-refractivity contribution < 1.29 is 9.53 Å². The maximum atomic E-state index is 12.6. The molecule has 4 rings (SSSR count). The summed E-state index contributed by atoms with van der Waals surface area (Å²) in [5.74, 6) is 0.242. The van der Waals surface area contributed by atoms with Crippen LogP contribution in [0.25, 0.3) is 0 Å². The molecule has 1 amide bonds. The number of pyridine rings is 1. The Balaban J connectivity index is 1.36. The molecule has 1 aromatic heterocycles. The van der Waals surface area contributed by atoms with Gasteiger partial charge in [0.1, 0.15) is 6.04 Å². The lowest BCUT2D eigenvalue weighted by Gasteiger charge is -2.43. The van der Waals surface area contributed by atoms with E-state index in [4.69, 9.17) is 4.74 Å². The molecule has 1 unspecified atom stereocenters. The predicted octanol–water partition coefficient (Wildman–Crippen LogP) is 0.389. The van der Waals surface area contributed by atoms with E-state index in [1.807, 2.05) is 23.4 Å². The fourth-order valence-electron chi connectivity index (χ4n) is 4.36. The number of hydrazine groups is 1. The van der Waals surface area contributed by atoms with E-state index >= 15 is 0 Å². The molecule has 3 saturated heterocycles. The Kier molecular flexibility index (Phi) is 5.49. The normalized spacial score (nSPS) is 26.8. The van der Waals surface area contributed by atoms with Crippen molar-refractivity contribution in [2.75, 3.05) is 45.9 Å². The average molecular weight is 359 g/mol. The number of aromatic nitrogens is 1. The summed E-state index contributed by atoms with van der Waals surface area (Å²) in [5.41, 5.74) is 7.56. The van der Waals surface area contributed by atoms with Crippen molar-refractivity contribution in [2.24, 2.45) is 5.41 Å². The first-order chi connectivity index (χ1) is 12.7. The number of carbonyl (C=O) groups excluding carboxylic acids is 1. The van der Waals surface area contributed by atoms with E-state index in [0.717, 1.165) is 71.7 Å². The van der Waals surface area contributed by atoms with E-state index < -0.39 is 0 Å². The van der Waals surface area contributed by atoms with Gasteiger partial charge in [-0.2, -0.15) is 0 Å². The standard InChI is InChI=1S/C19H29N5O2/c25-18(17-3-7-21-22-17)24-8-4-19(5-9-24)14-23(10-11-26-15-19)13-16-2-1-6-20-12-16/h1-2,6,12,17,21-22H,3-5,7-11,13-15H2. The Labute approximate surface area is 155 Å². The van der Waals surface area contributed by atoms with Gasteiger partial charge in [-0.3, -0.25) is 20.1 Å². The summed E-state index contributed by atoms with van der Waals surface area (Å²) in [5, 5.41) is 0. The Hall–Kier alpha value is -1.54. The van der Waals surface area contributed by atoms with Crippen molar-refractivity contribution in [1.82, 2.24) is 25.6 Å². The van der Waals surface area contributed by atoms with E-state index in [2.05, 4.69) is 26.8 Å². The maximum Gasteiger partial charge on any atom is 0.241 e. The van der Waals surface area contributed by atoms with E-state index in [9.17, 15) is 4.79 Å². The number of rotatable bonds is 3. The zero-order valence-corrected chi connectivity index (χ0v) is 15.3. The monoisotopic (exact) mass is 359 g/mol.